The summed E-state index contributed by atoms with van der Waals surface area (Å²) in [5.74, 6) is -2.37. The summed E-state index contributed by atoms with van der Waals surface area (Å²) in [7, 11) is 0. The lowest BCUT2D eigenvalue weighted by Gasteiger charge is -2.24. The zero-order chi connectivity index (χ0) is 13.8. The first-order chi connectivity index (χ1) is 9.08. The summed E-state index contributed by atoms with van der Waals surface area (Å²) in [5.41, 5.74) is 6.80. The van der Waals surface area contributed by atoms with Crippen LogP contribution in [0.4, 0.5) is 11.4 Å². The normalized spacial score (nSPS) is 21.9. The van der Waals surface area contributed by atoms with Gasteiger partial charge in [-0.05, 0) is 37.1 Å². The van der Waals surface area contributed by atoms with E-state index in [1.54, 1.807) is 24.3 Å². The fourth-order valence-corrected chi connectivity index (χ4v) is 2.18. The number of amides is 1. The topological polar surface area (TPSA) is 92.4 Å². The Morgan fingerprint density at radius 3 is 2.26 bits per heavy atom. The summed E-state index contributed by atoms with van der Waals surface area (Å²) < 4.78 is 0. The van der Waals surface area contributed by atoms with Gasteiger partial charge in [0.15, 0.2) is 0 Å². The van der Waals surface area contributed by atoms with Gasteiger partial charge in [-0.25, -0.2) is 0 Å². The molecule has 0 radical (unpaired) electrons. The molecule has 1 aromatic carbocycles. The van der Waals surface area contributed by atoms with E-state index in [-0.39, 0.29) is 5.91 Å². The maximum Gasteiger partial charge on any atom is 0.307 e. The van der Waals surface area contributed by atoms with Gasteiger partial charge < -0.3 is 16.2 Å². The van der Waals surface area contributed by atoms with Crippen LogP contribution in [-0.2, 0) is 9.59 Å². The zero-order valence-electron chi connectivity index (χ0n) is 10.4. The molecule has 1 aromatic rings. The second kappa shape index (κ2) is 5.56. The van der Waals surface area contributed by atoms with Crippen molar-refractivity contribution in [3.63, 3.8) is 0 Å². The molecule has 0 unspecified atom stereocenters. The third-order valence-electron chi connectivity index (χ3n) is 3.26. The van der Waals surface area contributed by atoms with Crippen molar-refractivity contribution in [2.45, 2.75) is 12.8 Å². The van der Waals surface area contributed by atoms with Crippen molar-refractivity contribution >= 4 is 23.3 Å². The van der Waals surface area contributed by atoms with Crippen LogP contribution in [0.1, 0.15) is 12.8 Å². The first kappa shape index (κ1) is 13.1. The molecule has 0 aromatic heterocycles. The molecule has 0 saturated heterocycles. The first-order valence-electron chi connectivity index (χ1n) is 6.12. The maximum atomic E-state index is 12.1. The molecule has 1 aliphatic rings. The lowest BCUT2D eigenvalue weighted by molar-refractivity contribution is -0.146. The molecular weight excluding hydrogens is 244 g/mol. The highest BCUT2D eigenvalue weighted by Crippen LogP contribution is 2.27. The van der Waals surface area contributed by atoms with Gasteiger partial charge >= 0.3 is 5.97 Å². The summed E-state index contributed by atoms with van der Waals surface area (Å²) in [6.07, 6.45) is 4.52. The van der Waals surface area contributed by atoms with E-state index in [9.17, 15) is 9.59 Å². The Morgan fingerprint density at radius 2 is 1.68 bits per heavy atom. The fraction of sp³-hybridized carbons (Fsp3) is 0.286. The Hall–Kier alpha value is -2.30. The zero-order valence-corrected chi connectivity index (χ0v) is 10.4. The van der Waals surface area contributed by atoms with Crippen LogP contribution < -0.4 is 11.1 Å². The average molecular weight is 260 g/mol. The summed E-state index contributed by atoms with van der Waals surface area (Å²) in [6, 6.07) is 6.76. The van der Waals surface area contributed by atoms with Crippen molar-refractivity contribution in [3.8, 4) is 0 Å². The SMILES string of the molecule is Nc1ccc(NC(=O)[C@@H]2CC=CC[C@@H]2C(=O)O)cc1. The second-order valence-corrected chi connectivity index (χ2v) is 4.61. The molecule has 0 heterocycles. The molecule has 100 valence electrons. The van der Waals surface area contributed by atoms with Crippen LogP contribution in [0.5, 0.6) is 0 Å². The van der Waals surface area contributed by atoms with E-state index in [1.165, 1.54) is 0 Å². The van der Waals surface area contributed by atoms with E-state index >= 15 is 0 Å². The Kier molecular flexibility index (Phi) is 3.85. The highest BCUT2D eigenvalue weighted by molar-refractivity contribution is 5.95. The molecule has 4 N–H and O–H groups in total. The van der Waals surface area contributed by atoms with Crippen molar-refractivity contribution < 1.29 is 14.7 Å². The Balaban J connectivity index is 2.08. The minimum absolute atomic E-state index is 0.262. The van der Waals surface area contributed by atoms with Gasteiger partial charge in [-0.2, -0.15) is 0 Å². The smallest absolute Gasteiger partial charge is 0.307 e. The standard InChI is InChI=1S/C14H16N2O3/c15-9-5-7-10(8-6-9)16-13(17)11-3-1-2-4-12(11)14(18)19/h1-2,5-8,11-12H,3-4,15H2,(H,16,17)(H,18,19)/t11-,12+/m1/s1. The van der Waals surface area contributed by atoms with Crippen molar-refractivity contribution in [2.24, 2.45) is 11.8 Å². The van der Waals surface area contributed by atoms with Crippen LogP contribution in [0.2, 0.25) is 0 Å². The van der Waals surface area contributed by atoms with Crippen LogP contribution in [0.25, 0.3) is 0 Å². The molecule has 0 bridgehead atoms. The molecule has 19 heavy (non-hydrogen) atoms. The van der Waals surface area contributed by atoms with Gasteiger partial charge in [-0.15, -0.1) is 0 Å². The van der Waals surface area contributed by atoms with Crippen LogP contribution in [-0.4, -0.2) is 17.0 Å². The number of rotatable bonds is 3. The number of carbonyl (C=O) groups is 2. The molecule has 1 amide bonds. The molecule has 2 rings (SSSR count). The molecular formula is C14H16N2O3. The van der Waals surface area contributed by atoms with E-state index in [0.717, 1.165) is 0 Å². The lowest BCUT2D eigenvalue weighted by Crippen LogP contribution is -2.34. The number of carboxylic acids is 1. The highest BCUT2D eigenvalue weighted by atomic mass is 16.4. The van der Waals surface area contributed by atoms with Gasteiger partial charge in [0.25, 0.3) is 0 Å². The third-order valence-corrected chi connectivity index (χ3v) is 3.26. The maximum absolute atomic E-state index is 12.1. The summed E-state index contributed by atoms with van der Waals surface area (Å²) in [4.78, 5) is 23.3. The van der Waals surface area contributed by atoms with Crippen LogP contribution in [0.3, 0.4) is 0 Å². The summed E-state index contributed by atoms with van der Waals surface area (Å²) >= 11 is 0. The molecule has 0 fully saturated rings. The molecule has 0 spiro atoms. The highest BCUT2D eigenvalue weighted by Gasteiger charge is 2.33. The van der Waals surface area contributed by atoms with Gasteiger partial charge in [0, 0.05) is 11.4 Å². The fourth-order valence-electron chi connectivity index (χ4n) is 2.18. The second-order valence-electron chi connectivity index (χ2n) is 4.61. The minimum atomic E-state index is -0.929. The van der Waals surface area contributed by atoms with E-state index in [0.29, 0.717) is 24.2 Å². The molecule has 5 heteroatoms. The predicted octanol–water partition coefficient (Wildman–Crippen LogP) is 1.87. The van der Waals surface area contributed by atoms with E-state index in [1.807, 2.05) is 12.2 Å². The monoisotopic (exact) mass is 260 g/mol. The number of carbonyl (C=O) groups excluding carboxylic acids is 1. The number of benzene rings is 1. The van der Waals surface area contributed by atoms with Crippen molar-refractivity contribution in [1.82, 2.24) is 0 Å². The van der Waals surface area contributed by atoms with Crippen molar-refractivity contribution in [3.05, 3.63) is 36.4 Å². The van der Waals surface area contributed by atoms with Crippen LogP contribution in [0.15, 0.2) is 36.4 Å². The number of aliphatic carboxylic acids is 1. The van der Waals surface area contributed by atoms with Gasteiger partial charge in [-0.1, -0.05) is 12.2 Å². The molecule has 0 saturated carbocycles. The number of nitrogens with one attached hydrogen (secondary N) is 1. The minimum Gasteiger partial charge on any atom is -0.481 e. The molecule has 5 nitrogen and oxygen atoms in total. The quantitative estimate of drug-likeness (QED) is 0.571. The van der Waals surface area contributed by atoms with Gasteiger partial charge in [0.2, 0.25) is 5.91 Å². The van der Waals surface area contributed by atoms with Gasteiger partial charge in [0.05, 0.1) is 11.8 Å². The number of carboxylic acid groups (broad SMARTS) is 1. The van der Waals surface area contributed by atoms with E-state index in [4.69, 9.17) is 10.8 Å². The largest absolute Gasteiger partial charge is 0.481 e. The summed E-state index contributed by atoms with van der Waals surface area (Å²) in [5, 5.41) is 11.9. The van der Waals surface area contributed by atoms with Gasteiger partial charge in [0.1, 0.15) is 0 Å². The summed E-state index contributed by atoms with van der Waals surface area (Å²) in [6.45, 7) is 0. The number of anilines is 2. The molecule has 1 aliphatic carbocycles. The molecule has 2 atom stereocenters. The van der Waals surface area contributed by atoms with Crippen LogP contribution in [0, 0.1) is 11.8 Å². The molecule has 0 aliphatic heterocycles. The van der Waals surface area contributed by atoms with Gasteiger partial charge in [-0.3, -0.25) is 9.59 Å². The number of allylic oxidation sites excluding steroid dienone is 2. The Bertz CT molecular complexity index is 508. The Morgan fingerprint density at radius 1 is 1.11 bits per heavy atom. The van der Waals surface area contributed by atoms with E-state index < -0.39 is 17.8 Å². The van der Waals surface area contributed by atoms with Crippen molar-refractivity contribution in [2.75, 3.05) is 11.1 Å². The number of nitrogens with two attached hydrogens (primary N) is 1. The average Bonchev–Trinajstić information content (AvgIpc) is 2.41. The number of hydrogen-bond donors (Lipinski definition) is 3. The Labute approximate surface area is 111 Å². The van der Waals surface area contributed by atoms with Crippen molar-refractivity contribution in [1.29, 1.82) is 0 Å². The number of hydrogen-bond acceptors (Lipinski definition) is 3. The predicted molar refractivity (Wildman–Crippen MR) is 72.5 cm³/mol. The van der Waals surface area contributed by atoms with E-state index in [2.05, 4.69) is 5.32 Å². The first-order valence-corrected chi connectivity index (χ1v) is 6.12. The lowest BCUT2D eigenvalue weighted by atomic mass is 9.82. The third kappa shape index (κ3) is 3.13. The van der Waals surface area contributed by atoms with Crippen LogP contribution >= 0.6 is 0 Å². The number of nitrogen functional groups attached to an aromatic ring is 1.